The first-order chi connectivity index (χ1) is 13.0. The van der Waals surface area contributed by atoms with Crippen LogP contribution in [0.15, 0.2) is 54.6 Å². The van der Waals surface area contributed by atoms with E-state index in [1.807, 2.05) is 56.3 Å². The van der Waals surface area contributed by atoms with Crippen LogP contribution in [-0.4, -0.2) is 25.9 Å². The van der Waals surface area contributed by atoms with Crippen LogP contribution in [0, 0.1) is 20.8 Å². The Kier molecular flexibility index (Phi) is 4.16. The minimum Gasteiger partial charge on any atom is -0.305 e. The number of aromatic nitrogens is 4. The van der Waals surface area contributed by atoms with Crippen molar-refractivity contribution in [2.24, 2.45) is 0 Å². The standard InChI is InChI=1S/C21H19N5O/c1-13-8-10-18(14(2)12-13)26-24-15(3)20(25-26)21(27)23-19-11-9-16-6-4-5-7-17(16)22-19/h4-12H,1-3H3,(H,22,23,27). The lowest BCUT2D eigenvalue weighted by molar-refractivity contribution is 0.102. The number of carbonyl (C=O) groups is 1. The molecule has 27 heavy (non-hydrogen) atoms. The minimum atomic E-state index is -0.328. The summed E-state index contributed by atoms with van der Waals surface area (Å²) in [5, 5.41) is 12.6. The van der Waals surface area contributed by atoms with Crippen molar-refractivity contribution in [3.63, 3.8) is 0 Å². The summed E-state index contributed by atoms with van der Waals surface area (Å²) in [6.07, 6.45) is 0. The second kappa shape index (κ2) is 6.64. The molecule has 0 saturated carbocycles. The molecule has 0 saturated heterocycles. The molecule has 0 radical (unpaired) electrons. The summed E-state index contributed by atoms with van der Waals surface area (Å²) >= 11 is 0. The van der Waals surface area contributed by atoms with Gasteiger partial charge in [0.05, 0.1) is 16.9 Å². The number of nitrogens with zero attached hydrogens (tertiary/aromatic N) is 4. The van der Waals surface area contributed by atoms with Gasteiger partial charge in [-0.15, -0.1) is 5.10 Å². The van der Waals surface area contributed by atoms with Gasteiger partial charge in [0.25, 0.3) is 5.91 Å². The van der Waals surface area contributed by atoms with Crippen molar-refractivity contribution >= 4 is 22.6 Å². The summed E-state index contributed by atoms with van der Waals surface area (Å²) in [7, 11) is 0. The quantitative estimate of drug-likeness (QED) is 0.602. The number of hydrogen-bond donors (Lipinski definition) is 1. The second-order valence-electron chi connectivity index (χ2n) is 6.56. The van der Waals surface area contributed by atoms with Gasteiger partial charge in [-0.1, -0.05) is 35.9 Å². The molecule has 2 aromatic heterocycles. The van der Waals surface area contributed by atoms with E-state index in [0.29, 0.717) is 11.5 Å². The predicted molar refractivity (Wildman–Crippen MR) is 105 cm³/mol. The maximum atomic E-state index is 12.7. The smallest absolute Gasteiger partial charge is 0.279 e. The average molecular weight is 357 g/mol. The Morgan fingerprint density at radius 2 is 1.78 bits per heavy atom. The molecular formula is C21H19N5O. The SMILES string of the molecule is Cc1ccc(-n2nc(C)c(C(=O)Nc3ccc4ccccc4n3)n2)c(C)c1. The molecule has 4 aromatic rings. The van der Waals surface area contributed by atoms with Crippen molar-refractivity contribution in [1.82, 2.24) is 20.0 Å². The Bertz CT molecular complexity index is 1160. The summed E-state index contributed by atoms with van der Waals surface area (Å²) in [5.41, 5.74) is 4.74. The highest BCUT2D eigenvalue weighted by molar-refractivity contribution is 6.03. The van der Waals surface area contributed by atoms with Crippen LogP contribution in [0.2, 0.25) is 0 Å². The van der Waals surface area contributed by atoms with Crippen molar-refractivity contribution in [3.05, 3.63) is 77.1 Å². The highest BCUT2D eigenvalue weighted by Crippen LogP contribution is 2.17. The molecule has 0 fully saturated rings. The first-order valence-electron chi connectivity index (χ1n) is 8.70. The molecular weight excluding hydrogens is 338 g/mol. The van der Waals surface area contributed by atoms with E-state index in [1.165, 1.54) is 10.4 Å². The first-order valence-corrected chi connectivity index (χ1v) is 8.70. The molecule has 0 aliphatic heterocycles. The van der Waals surface area contributed by atoms with E-state index < -0.39 is 0 Å². The number of carbonyl (C=O) groups excluding carboxylic acids is 1. The number of anilines is 1. The minimum absolute atomic E-state index is 0.282. The van der Waals surface area contributed by atoms with Crippen LogP contribution >= 0.6 is 0 Å². The molecule has 0 aliphatic carbocycles. The van der Waals surface area contributed by atoms with Crippen molar-refractivity contribution in [2.45, 2.75) is 20.8 Å². The summed E-state index contributed by atoms with van der Waals surface area (Å²) in [4.78, 5) is 18.7. The van der Waals surface area contributed by atoms with Crippen LogP contribution in [0.25, 0.3) is 16.6 Å². The van der Waals surface area contributed by atoms with Crippen LogP contribution in [-0.2, 0) is 0 Å². The van der Waals surface area contributed by atoms with E-state index in [9.17, 15) is 4.79 Å². The molecule has 4 rings (SSSR count). The molecule has 0 unspecified atom stereocenters. The zero-order valence-corrected chi connectivity index (χ0v) is 15.4. The monoisotopic (exact) mass is 357 g/mol. The zero-order chi connectivity index (χ0) is 19.0. The first kappa shape index (κ1) is 16.9. The Morgan fingerprint density at radius 1 is 0.963 bits per heavy atom. The van der Waals surface area contributed by atoms with Gasteiger partial charge < -0.3 is 5.32 Å². The van der Waals surface area contributed by atoms with E-state index in [2.05, 4.69) is 26.6 Å². The molecule has 1 amide bonds. The van der Waals surface area contributed by atoms with Crippen LogP contribution < -0.4 is 5.32 Å². The van der Waals surface area contributed by atoms with Gasteiger partial charge in [-0.25, -0.2) is 4.98 Å². The molecule has 0 bridgehead atoms. The fourth-order valence-electron chi connectivity index (χ4n) is 3.04. The van der Waals surface area contributed by atoms with Gasteiger partial charge in [0.15, 0.2) is 5.69 Å². The fourth-order valence-corrected chi connectivity index (χ4v) is 3.04. The summed E-state index contributed by atoms with van der Waals surface area (Å²) in [6, 6.07) is 17.5. The Morgan fingerprint density at radius 3 is 2.59 bits per heavy atom. The molecule has 2 heterocycles. The third-order valence-corrected chi connectivity index (χ3v) is 4.41. The van der Waals surface area contributed by atoms with Crippen LogP contribution in [0.5, 0.6) is 0 Å². The number of para-hydroxylation sites is 1. The van der Waals surface area contributed by atoms with Crippen molar-refractivity contribution in [2.75, 3.05) is 5.32 Å². The van der Waals surface area contributed by atoms with E-state index in [4.69, 9.17) is 0 Å². The van der Waals surface area contributed by atoms with Crippen molar-refractivity contribution in [1.29, 1.82) is 0 Å². The normalized spacial score (nSPS) is 10.9. The summed E-state index contributed by atoms with van der Waals surface area (Å²) < 4.78 is 0. The van der Waals surface area contributed by atoms with Crippen LogP contribution in [0.1, 0.15) is 27.3 Å². The van der Waals surface area contributed by atoms with Crippen molar-refractivity contribution in [3.8, 4) is 5.69 Å². The van der Waals surface area contributed by atoms with Crippen LogP contribution in [0.3, 0.4) is 0 Å². The molecule has 6 heteroatoms. The highest BCUT2D eigenvalue weighted by atomic mass is 16.2. The zero-order valence-electron chi connectivity index (χ0n) is 15.4. The number of fused-ring (bicyclic) bond motifs is 1. The number of benzene rings is 2. The largest absolute Gasteiger partial charge is 0.305 e. The van der Waals surface area contributed by atoms with Gasteiger partial charge in [0, 0.05) is 5.39 Å². The van der Waals surface area contributed by atoms with Gasteiger partial charge in [0.1, 0.15) is 5.82 Å². The maximum Gasteiger partial charge on any atom is 0.279 e. The van der Waals surface area contributed by atoms with Gasteiger partial charge >= 0.3 is 0 Å². The molecule has 134 valence electrons. The third kappa shape index (κ3) is 3.29. The number of rotatable bonds is 3. The number of amides is 1. The molecule has 2 aromatic carbocycles. The van der Waals surface area contributed by atoms with Gasteiger partial charge in [0.2, 0.25) is 0 Å². The number of aryl methyl sites for hydroxylation is 3. The van der Waals surface area contributed by atoms with Crippen molar-refractivity contribution < 1.29 is 4.79 Å². The Labute approximate surface area is 156 Å². The number of hydrogen-bond acceptors (Lipinski definition) is 4. The lowest BCUT2D eigenvalue weighted by Crippen LogP contribution is -2.15. The lowest BCUT2D eigenvalue weighted by Gasteiger charge is -2.05. The molecule has 0 atom stereocenters. The van der Waals surface area contributed by atoms with E-state index in [0.717, 1.165) is 22.2 Å². The molecule has 0 spiro atoms. The summed E-state index contributed by atoms with van der Waals surface area (Å²) in [5.74, 6) is 0.158. The highest BCUT2D eigenvalue weighted by Gasteiger charge is 2.18. The second-order valence-corrected chi connectivity index (χ2v) is 6.56. The van der Waals surface area contributed by atoms with Gasteiger partial charge in [-0.3, -0.25) is 4.79 Å². The fraction of sp³-hybridized carbons (Fsp3) is 0.143. The third-order valence-electron chi connectivity index (χ3n) is 4.41. The molecule has 1 N–H and O–H groups in total. The Balaban J connectivity index is 1.62. The predicted octanol–water partition coefficient (Wildman–Crippen LogP) is 3.99. The number of pyridine rings is 1. The maximum absolute atomic E-state index is 12.7. The topological polar surface area (TPSA) is 72.7 Å². The van der Waals surface area contributed by atoms with Gasteiger partial charge in [-0.05, 0) is 50.6 Å². The number of nitrogens with one attached hydrogen (secondary N) is 1. The van der Waals surface area contributed by atoms with E-state index in [1.54, 1.807) is 13.0 Å². The van der Waals surface area contributed by atoms with Crippen LogP contribution in [0.4, 0.5) is 5.82 Å². The van der Waals surface area contributed by atoms with E-state index >= 15 is 0 Å². The lowest BCUT2D eigenvalue weighted by atomic mass is 10.1. The molecule has 0 aliphatic rings. The van der Waals surface area contributed by atoms with E-state index in [-0.39, 0.29) is 11.6 Å². The average Bonchev–Trinajstić information content (AvgIpc) is 3.03. The molecule has 6 nitrogen and oxygen atoms in total. The van der Waals surface area contributed by atoms with Gasteiger partial charge in [-0.2, -0.15) is 9.90 Å². The Hall–Kier alpha value is -3.54. The summed E-state index contributed by atoms with van der Waals surface area (Å²) in [6.45, 7) is 5.81.